The number of hydrogen-bond donors (Lipinski definition) is 1. The largest absolute Gasteiger partial charge is 0.508 e. The minimum Gasteiger partial charge on any atom is -0.508 e. The Labute approximate surface area is 143 Å². The van der Waals surface area contributed by atoms with Gasteiger partial charge in [-0.05, 0) is 30.7 Å². The Kier molecular flexibility index (Phi) is 4.35. The van der Waals surface area contributed by atoms with Crippen molar-refractivity contribution in [1.82, 2.24) is 5.01 Å². The molecule has 2 aromatic rings. The molecule has 23 heavy (non-hydrogen) atoms. The van der Waals surface area contributed by atoms with Gasteiger partial charge < -0.3 is 5.11 Å². The average Bonchev–Trinajstić information content (AvgIpc) is 2.94. The monoisotopic (exact) mass is 369 g/mol. The zero-order chi connectivity index (χ0) is 16.4. The molecule has 2 aromatic carbocycles. The standard InChI is InChI=1S/C18H16BrN3O/c1-12-9-16(13-5-3-2-4-6-13)22(21-12)17(11-20)15-10-14(19)7-8-18(15)23/h2-8,10,16-17,23H,9H2,1H3. The molecule has 116 valence electrons. The summed E-state index contributed by atoms with van der Waals surface area (Å²) in [5.74, 6) is 0.103. The molecule has 4 nitrogen and oxygen atoms in total. The molecule has 0 fully saturated rings. The van der Waals surface area contributed by atoms with Crippen molar-refractivity contribution in [3.05, 3.63) is 64.1 Å². The lowest BCUT2D eigenvalue weighted by Gasteiger charge is -2.28. The molecule has 0 spiro atoms. The van der Waals surface area contributed by atoms with Crippen LogP contribution in [-0.2, 0) is 0 Å². The van der Waals surface area contributed by atoms with Crippen molar-refractivity contribution in [3.63, 3.8) is 0 Å². The molecule has 0 aliphatic carbocycles. The normalized spacial score (nSPS) is 18.4. The number of hydrogen-bond acceptors (Lipinski definition) is 4. The van der Waals surface area contributed by atoms with Crippen molar-refractivity contribution in [2.24, 2.45) is 5.10 Å². The highest BCUT2D eigenvalue weighted by atomic mass is 79.9. The highest BCUT2D eigenvalue weighted by Crippen LogP contribution is 2.40. The Bertz CT molecular complexity index is 783. The minimum absolute atomic E-state index is 0.000711. The van der Waals surface area contributed by atoms with Crippen LogP contribution in [0, 0.1) is 11.3 Å². The number of hydrazone groups is 1. The zero-order valence-electron chi connectivity index (χ0n) is 12.6. The fourth-order valence-corrected chi connectivity index (χ4v) is 3.26. The van der Waals surface area contributed by atoms with E-state index in [2.05, 4.69) is 27.1 Å². The van der Waals surface area contributed by atoms with Crippen LogP contribution in [-0.4, -0.2) is 15.8 Å². The second-order valence-corrected chi connectivity index (χ2v) is 6.50. The molecule has 0 aromatic heterocycles. The summed E-state index contributed by atoms with van der Waals surface area (Å²) in [5, 5.41) is 26.3. The Balaban J connectivity index is 2.02. The molecule has 0 amide bonds. The SMILES string of the molecule is CC1=NN(C(C#N)c2cc(Br)ccc2O)C(c2ccccc2)C1. The Morgan fingerprint density at radius 2 is 2.04 bits per heavy atom. The molecular weight excluding hydrogens is 354 g/mol. The van der Waals surface area contributed by atoms with E-state index >= 15 is 0 Å². The maximum atomic E-state index is 10.2. The van der Waals surface area contributed by atoms with Gasteiger partial charge in [0, 0.05) is 22.2 Å². The summed E-state index contributed by atoms with van der Waals surface area (Å²) in [5.41, 5.74) is 2.65. The summed E-state index contributed by atoms with van der Waals surface area (Å²) in [6, 6.07) is 16.8. The fraction of sp³-hybridized carbons (Fsp3) is 0.222. The fourth-order valence-electron chi connectivity index (χ4n) is 2.88. The van der Waals surface area contributed by atoms with Gasteiger partial charge in [-0.25, -0.2) is 0 Å². The van der Waals surface area contributed by atoms with Gasteiger partial charge in [-0.3, -0.25) is 5.01 Å². The number of aromatic hydroxyl groups is 1. The molecule has 2 atom stereocenters. The third kappa shape index (κ3) is 3.08. The minimum atomic E-state index is -0.643. The van der Waals surface area contributed by atoms with Crippen molar-refractivity contribution >= 4 is 21.6 Å². The van der Waals surface area contributed by atoms with Crippen LogP contribution < -0.4 is 0 Å². The van der Waals surface area contributed by atoms with Crippen LogP contribution >= 0.6 is 15.9 Å². The molecule has 0 saturated heterocycles. The third-order valence-corrected chi connectivity index (χ3v) is 4.44. The third-order valence-electron chi connectivity index (χ3n) is 3.95. The smallest absolute Gasteiger partial charge is 0.162 e. The second kappa shape index (κ2) is 6.43. The van der Waals surface area contributed by atoms with Gasteiger partial charge in [-0.1, -0.05) is 46.3 Å². The van der Waals surface area contributed by atoms with E-state index in [9.17, 15) is 10.4 Å². The van der Waals surface area contributed by atoms with Gasteiger partial charge >= 0.3 is 0 Å². The molecule has 3 rings (SSSR count). The molecule has 1 heterocycles. The van der Waals surface area contributed by atoms with Gasteiger partial charge in [0.05, 0.1) is 12.1 Å². The van der Waals surface area contributed by atoms with Crippen molar-refractivity contribution in [3.8, 4) is 11.8 Å². The van der Waals surface area contributed by atoms with Gasteiger partial charge in [-0.15, -0.1) is 0 Å². The summed E-state index contributed by atoms with van der Waals surface area (Å²) in [4.78, 5) is 0. The number of rotatable bonds is 3. The lowest BCUT2D eigenvalue weighted by Crippen LogP contribution is -2.24. The van der Waals surface area contributed by atoms with E-state index in [0.29, 0.717) is 5.56 Å². The van der Waals surface area contributed by atoms with Crippen LogP contribution in [0.1, 0.15) is 36.6 Å². The van der Waals surface area contributed by atoms with Crippen LogP contribution in [0.5, 0.6) is 5.75 Å². The van der Waals surface area contributed by atoms with Crippen LogP contribution in [0.15, 0.2) is 58.1 Å². The van der Waals surface area contributed by atoms with Gasteiger partial charge in [0.2, 0.25) is 0 Å². The summed E-state index contributed by atoms with van der Waals surface area (Å²) < 4.78 is 0.821. The van der Waals surface area contributed by atoms with Crippen LogP contribution in [0.4, 0.5) is 0 Å². The van der Waals surface area contributed by atoms with E-state index < -0.39 is 6.04 Å². The van der Waals surface area contributed by atoms with Crippen LogP contribution in [0.25, 0.3) is 0 Å². The Hall–Kier alpha value is -2.32. The van der Waals surface area contributed by atoms with E-state index in [1.165, 1.54) is 0 Å². The van der Waals surface area contributed by atoms with Crippen molar-refractivity contribution in [1.29, 1.82) is 5.26 Å². The first kappa shape index (κ1) is 15.6. The Morgan fingerprint density at radius 3 is 2.74 bits per heavy atom. The Morgan fingerprint density at radius 1 is 1.30 bits per heavy atom. The van der Waals surface area contributed by atoms with Gasteiger partial charge in [0.15, 0.2) is 6.04 Å². The molecule has 5 heteroatoms. The first-order valence-corrected chi connectivity index (χ1v) is 8.15. The molecule has 0 bridgehead atoms. The van der Waals surface area contributed by atoms with Gasteiger partial charge in [0.25, 0.3) is 0 Å². The summed E-state index contributed by atoms with van der Waals surface area (Å²) in [7, 11) is 0. The lowest BCUT2D eigenvalue weighted by atomic mass is 9.99. The van der Waals surface area contributed by atoms with Crippen molar-refractivity contribution in [2.75, 3.05) is 0 Å². The van der Waals surface area contributed by atoms with Gasteiger partial charge in [0.1, 0.15) is 5.75 Å². The van der Waals surface area contributed by atoms with E-state index in [4.69, 9.17) is 0 Å². The van der Waals surface area contributed by atoms with E-state index in [1.807, 2.05) is 37.3 Å². The summed E-state index contributed by atoms with van der Waals surface area (Å²) in [6.07, 6.45) is 0.775. The number of nitrogens with zero attached hydrogens (tertiary/aromatic N) is 3. The number of benzene rings is 2. The van der Waals surface area contributed by atoms with Crippen LogP contribution in [0.2, 0.25) is 0 Å². The molecule has 1 aliphatic heterocycles. The van der Waals surface area contributed by atoms with Crippen molar-refractivity contribution in [2.45, 2.75) is 25.4 Å². The highest BCUT2D eigenvalue weighted by molar-refractivity contribution is 9.10. The quantitative estimate of drug-likeness (QED) is 0.863. The average molecular weight is 370 g/mol. The number of nitriles is 1. The zero-order valence-corrected chi connectivity index (χ0v) is 14.2. The number of phenols is 1. The molecule has 2 unspecified atom stereocenters. The molecule has 1 aliphatic rings. The molecule has 0 saturated carbocycles. The predicted molar refractivity (Wildman–Crippen MR) is 92.9 cm³/mol. The van der Waals surface area contributed by atoms with Crippen molar-refractivity contribution < 1.29 is 5.11 Å². The van der Waals surface area contributed by atoms with E-state index in [0.717, 1.165) is 22.2 Å². The first-order valence-electron chi connectivity index (χ1n) is 7.35. The van der Waals surface area contributed by atoms with E-state index in [1.54, 1.807) is 23.2 Å². The number of halogens is 1. The highest BCUT2D eigenvalue weighted by Gasteiger charge is 2.33. The number of phenolic OH excluding ortho intramolecular Hbond substituents is 1. The first-order chi connectivity index (χ1) is 11.1. The predicted octanol–water partition coefficient (Wildman–Crippen LogP) is 4.54. The maximum Gasteiger partial charge on any atom is 0.162 e. The summed E-state index contributed by atoms with van der Waals surface area (Å²) >= 11 is 3.40. The van der Waals surface area contributed by atoms with Gasteiger partial charge in [-0.2, -0.15) is 10.4 Å². The topological polar surface area (TPSA) is 59.6 Å². The molecular formula is C18H16BrN3O. The molecule has 1 N–H and O–H groups in total. The maximum absolute atomic E-state index is 10.2. The molecule has 0 radical (unpaired) electrons. The lowest BCUT2D eigenvalue weighted by molar-refractivity contribution is 0.193. The second-order valence-electron chi connectivity index (χ2n) is 5.58. The summed E-state index contributed by atoms with van der Waals surface area (Å²) in [6.45, 7) is 1.96. The van der Waals surface area contributed by atoms with E-state index in [-0.39, 0.29) is 11.8 Å². The van der Waals surface area contributed by atoms with Crippen LogP contribution in [0.3, 0.4) is 0 Å².